The van der Waals surface area contributed by atoms with Gasteiger partial charge in [0, 0.05) is 17.4 Å². The highest BCUT2D eigenvalue weighted by atomic mass is 16.5. The third-order valence-corrected chi connectivity index (χ3v) is 3.43. The summed E-state index contributed by atoms with van der Waals surface area (Å²) < 4.78 is 10.3. The maximum absolute atomic E-state index is 12.0. The van der Waals surface area contributed by atoms with Crippen molar-refractivity contribution < 1.29 is 13.7 Å². The molecule has 0 aliphatic heterocycles. The predicted molar refractivity (Wildman–Crippen MR) is 89.6 cm³/mol. The number of rotatable bonds is 4. The molecule has 0 unspecified atom stereocenters. The van der Waals surface area contributed by atoms with Gasteiger partial charge in [-0.1, -0.05) is 23.4 Å². The maximum atomic E-state index is 12.0. The minimum Gasteiger partial charge on any atom is -0.459 e. The third-order valence-electron chi connectivity index (χ3n) is 3.43. The first kappa shape index (κ1) is 14.8. The van der Waals surface area contributed by atoms with Crippen molar-refractivity contribution in [3.05, 3.63) is 72.8 Å². The van der Waals surface area contributed by atoms with Gasteiger partial charge >= 0.3 is 0 Å². The second-order valence-corrected chi connectivity index (χ2v) is 5.15. The lowest BCUT2D eigenvalue weighted by Gasteiger charge is -2.04. The molecule has 0 bridgehead atoms. The summed E-state index contributed by atoms with van der Waals surface area (Å²) in [6.45, 7) is 0. The number of amides is 1. The Morgan fingerprint density at radius 2 is 2.00 bits per heavy atom. The molecule has 3 aromatic heterocycles. The van der Waals surface area contributed by atoms with E-state index in [1.54, 1.807) is 42.6 Å². The highest BCUT2D eigenvalue weighted by molar-refractivity contribution is 6.02. The zero-order valence-corrected chi connectivity index (χ0v) is 12.9. The molecule has 0 fully saturated rings. The van der Waals surface area contributed by atoms with E-state index in [0.717, 1.165) is 0 Å². The molecule has 0 aliphatic rings. The fraction of sp³-hybridized carbons (Fsp3) is 0. The molecule has 1 aromatic carbocycles. The third kappa shape index (κ3) is 3.16. The van der Waals surface area contributed by atoms with Crippen molar-refractivity contribution in [3.8, 4) is 23.0 Å². The average Bonchev–Trinajstić information content (AvgIpc) is 3.35. The smallest absolute Gasteiger partial charge is 0.291 e. The number of furan rings is 1. The first-order valence-corrected chi connectivity index (χ1v) is 7.50. The largest absolute Gasteiger partial charge is 0.459 e. The number of carbonyl (C=O) groups excluding carboxylic acids is 1. The number of pyridine rings is 1. The molecule has 0 spiro atoms. The Hall–Kier alpha value is -3.74. The van der Waals surface area contributed by atoms with E-state index in [4.69, 9.17) is 8.94 Å². The number of hydrogen-bond acceptors (Lipinski definition) is 6. The Labute approximate surface area is 142 Å². The topological polar surface area (TPSA) is 94.1 Å². The summed E-state index contributed by atoms with van der Waals surface area (Å²) in [5.74, 6) is 0.655. The van der Waals surface area contributed by atoms with Gasteiger partial charge in [0.25, 0.3) is 11.8 Å². The van der Waals surface area contributed by atoms with Crippen LogP contribution < -0.4 is 5.32 Å². The van der Waals surface area contributed by atoms with Crippen LogP contribution in [0.2, 0.25) is 0 Å². The van der Waals surface area contributed by atoms with Crippen LogP contribution in [-0.2, 0) is 0 Å². The monoisotopic (exact) mass is 332 g/mol. The van der Waals surface area contributed by atoms with Gasteiger partial charge < -0.3 is 14.3 Å². The molecule has 1 N–H and O–H groups in total. The van der Waals surface area contributed by atoms with Crippen LogP contribution in [0.1, 0.15) is 10.6 Å². The van der Waals surface area contributed by atoms with Crippen LogP contribution in [0.4, 0.5) is 5.69 Å². The fourth-order valence-corrected chi connectivity index (χ4v) is 2.27. The lowest BCUT2D eigenvalue weighted by molar-refractivity contribution is 0.0996. The van der Waals surface area contributed by atoms with E-state index in [0.29, 0.717) is 28.7 Å². The van der Waals surface area contributed by atoms with Crippen LogP contribution in [0.5, 0.6) is 0 Å². The van der Waals surface area contributed by atoms with Crippen LogP contribution in [0.15, 0.2) is 76.0 Å². The second-order valence-electron chi connectivity index (χ2n) is 5.15. The van der Waals surface area contributed by atoms with Gasteiger partial charge in [0.05, 0.1) is 6.26 Å². The Morgan fingerprint density at radius 3 is 2.80 bits per heavy atom. The van der Waals surface area contributed by atoms with Gasteiger partial charge in [0.1, 0.15) is 5.69 Å². The molecule has 122 valence electrons. The van der Waals surface area contributed by atoms with Crippen molar-refractivity contribution in [3.63, 3.8) is 0 Å². The molecule has 1 amide bonds. The summed E-state index contributed by atoms with van der Waals surface area (Å²) in [6, 6.07) is 15.8. The molecular formula is C18H12N4O3. The molecule has 0 aliphatic carbocycles. The van der Waals surface area contributed by atoms with Crippen molar-refractivity contribution in [2.75, 3.05) is 5.32 Å². The SMILES string of the molecule is O=C(Nc1cccc(-c2noc(-c3ccccn3)n2)c1)c1ccco1. The number of benzene rings is 1. The first-order chi connectivity index (χ1) is 12.3. The Balaban J connectivity index is 1.58. The lowest BCUT2D eigenvalue weighted by Crippen LogP contribution is -2.10. The number of nitrogens with zero attached hydrogens (tertiary/aromatic N) is 3. The van der Waals surface area contributed by atoms with Gasteiger partial charge in [-0.15, -0.1) is 0 Å². The van der Waals surface area contributed by atoms with Gasteiger partial charge in [-0.3, -0.25) is 9.78 Å². The Bertz CT molecular complexity index is 994. The van der Waals surface area contributed by atoms with Crippen molar-refractivity contribution >= 4 is 11.6 Å². The fourth-order valence-electron chi connectivity index (χ4n) is 2.27. The van der Waals surface area contributed by atoms with Crippen molar-refractivity contribution in [1.82, 2.24) is 15.1 Å². The van der Waals surface area contributed by atoms with Crippen LogP contribution in [0, 0.1) is 0 Å². The molecular weight excluding hydrogens is 320 g/mol. The van der Waals surface area contributed by atoms with Gasteiger partial charge in [-0.2, -0.15) is 4.98 Å². The lowest BCUT2D eigenvalue weighted by atomic mass is 10.2. The van der Waals surface area contributed by atoms with E-state index in [2.05, 4.69) is 20.4 Å². The van der Waals surface area contributed by atoms with Gasteiger partial charge in [-0.05, 0) is 36.4 Å². The number of hydrogen-bond donors (Lipinski definition) is 1. The maximum Gasteiger partial charge on any atom is 0.291 e. The van der Waals surface area contributed by atoms with Crippen LogP contribution in [0.3, 0.4) is 0 Å². The number of aromatic nitrogens is 3. The number of nitrogens with one attached hydrogen (secondary N) is 1. The zero-order chi connectivity index (χ0) is 17.1. The highest BCUT2D eigenvalue weighted by Crippen LogP contribution is 2.23. The van der Waals surface area contributed by atoms with Crippen molar-refractivity contribution in [2.45, 2.75) is 0 Å². The highest BCUT2D eigenvalue weighted by Gasteiger charge is 2.13. The summed E-state index contributed by atoms with van der Waals surface area (Å²) in [4.78, 5) is 20.6. The number of carbonyl (C=O) groups is 1. The molecule has 4 aromatic rings. The van der Waals surface area contributed by atoms with Crippen molar-refractivity contribution in [1.29, 1.82) is 0 Å². The molecule has 7 heteroatoms. The van der Waals surface area contributed by atoms with Gasteiger partial charge in [-0.25, -0.2) is 0 Å². The minimum absolute atomic E-state index is 0.238. The zero-order valence-electron chi connectivity index (χ0n) is 12.9. The second kappa shape index (κ2) is 6.40. The van der Waals surface area contributed by atoms with E-state index in [1.807, 2.05) is 18.2 Å². The summed E-state index contributed by atoms with van der Waals surface area (Å²) >= 11 is 0. The van der Waals surface area contributed by atoms with E-state index in [-0.39, 0.29) is 11.7 Å². The predicted octanol–water partition coefficient (Wildman–Crippen LogP) is 3.64. The van der Waals surface area contributed by atoms with Gasteiger partial charge in [0.15, 0.2) is 5.76 Å². The Morgan fingerprint density at radius 1 is 1.04 bits per heavy atom. The van der Waals surface area contributed by atoms with Crippen LogP contribution in [-0.4, -0.2) is 21.0 Å². The molecule has 25 heavy (non-hydrogen) atoms. The molecule has 0 saturated carbocycles. The Kier molecular flexibility index (Phi) is 3.80. The number of anilines is 1. The molecule has 7 nitrogen and oxygen atoms in total. The normalized spacial score (nSPS) is 10.6. The van der Waals surface area contributed by atoms with E-state index in [1.165, 1.54) is 6.26 Å². The average molecular weight is 332 g/mol. The summed E-state index contributed by atoms with van der Waals surface area (Å²) in [6.07, 6.45) is 3.10. The summed E-state index contributed by atoms with van der Waals surface area (Å²) in [5.41, 5.74) is 1.91. The summed E-state index contributed by atoms with van der Waals surface area (Å²) in [7, 11) is 0. The van der Waals surface area contributed by atoms with Crippen LogP contribution in [0.25, 0.3) is 23.0 Å². The molecule has 4 rings (SSSR count). The minimum atomic E-state index is -0.329. The van der Waals surface area contributed by atoms with Gasteiger partial charge in [0.2, 0.25) is 5.82 Å². The van der Waals surface area contributed by atoms with E-state index in [9.17, 15) is 4.79 Å². The standard InChI is InChI=1S/C18H12N4O3/c23-17(15-8-4-10-24-15)20-13-6-3-5-12(11-13)16-21-18(25-22-16)14-7-1-2-9-19-14/h1-11H,(H,20,23). The molecule has 3 heterocycles. The molecule has 0 radical (unpaired) electrons. The van der Waals surface area contributed by atoms with E-state index < -0.39 is 0 Å². The quantitative estimate of drug-likeness (QED) is 0.613. The van der Waals surface area contributed by atoms with Crippen molar-refractivity contribution in [2.24, 2.45) is 0 Å². The van der Waals surface area contributed by atoms with E-state index >= 15 is 0 Å². The first-order valence-electron chi connectivity index (χ1n) is 7.50. The van der Waals surface area contributed by atoms with Crippen LogP contribution >= 0.6 is 0 Å². The molecule has 0 atom stereocenters. The summed E-state index contributed by atoms with van der Waals surface area (Å²) in [5, 5.41) is 6.74. The molecule has 0 saturated heterocycles.